The molecule has 1 aromatic heterocycles. The number of fused-ring (bicyclic) bond motifs is 2. The highest BCUT2D eigenvalue weighted by molar-refractivity contribution is 6.36. The van der Waals surface area contributed by atoms with E-state index >= 15 is 0 Å². The van der Waals surface area contributed by atoms with E-state index in [1.807, 2.05) is 28.0 Å². The van der Waals surface area contributed by atoms with E-state index in [1.165, 1.54) is 6.07 Å². The zero-order valence-corrected chi connectivity index (χ0v) is 32.1. The molecule has 0 saturated carbocycles. The van der Waals surface area contributed by atoms with Gasteiger partial charge in [0.1, 0.15) is 29.4 Å². The smallest absolute Gasteiger partial charge is 0.410 e. The van der Waals surface area contributed by atoms with Gasteiger partial charge in [0.15, 0.2) is 0 Å². The Labute approximate surface area is 317 Å². The molecule has 3 aliphatic heterocycles. The minimum absolute atomic E-state index is 0.00981. The van der Waals surface area contributed by atoms with Gasteiger partial charge in [-0.15, -0.1) is 0 Å². The molecule has 0 bridgehead atoms. The summed E-state index contributed by atoms with van der Waals surface area (Å²) in [5, 5.41) is 11.0. The van der Waals surface area contributed by atoms with E-state index in [4.69, 9.17) is 35.8 Å². The minimum Gasteiger partial charge on any atom is -0.461 e. The molecule has 2 aromatic carbocycles. The van der Waals surface area contributed by atoms with E-state index in [-0.39, 0.29) is 43.7 Å². The standard InChI is InChI=1S/C38H45ClF3N7O5/c1-36(2,3)53-34(50)48-17-16-47(19-24(48)12-14-43)32-26-13-15-46(29-9-7-8-23-10-11-27(40)31(39)30(23)29)20-28(26)44-33(45-32)52-21-25-18-38(41,42)22-49(25)35(51)54-37(4,5)6/h7-11,24-25H,12-13,15-22H2,1-6H3/t24-,25-/m0/s1. The number of benzene rings is 2. The van der Waals surface area contributed by atoms with Gasteiger partial charge in [0, 0.05) is 49.2 Å². The Balaban J connectivity index is 1.33. The maximum absolute atomic E-state index is 14.7. The van der Waals surface area contributed by atoms with Crippen molar-refractivity contribution in [3.8, 4) is 12.1 Å². The van der Waals surface area contributed by atoms with Gasteiger partial charge in [0.2, 0.25) is 0 Å². The molecule has 2 amide bonds. The molecular formula is C38H45ClF3N7O5. The van der Waals surface area contributed by atoms with Gasteiger partial charge >= 0.3 is 18.2 Å². The third-order valence-corrected chi connectivity index (χ3v) is 9.79. The number of rotatable bonds is 6. The lowest BCUT2D eigenvalue weighted by Crippen LogP contribution is -2.56. The topological polar surface area (TPSA) is 124 Å². The van der Waals surface area contributed by atoms with Gasteiger partial charge in [-0.3, -0.25) is 4.90 Å². The van der Waals surface area contributed by atoms with Crippen molar-refractivity contribution in [3.63, 3.8) is 0 Å². The van der Waals surface area contributed by atoms with E-state index in [0.29, 0.717) is 42.1 Å². The van der Waals surface area contributed by atoms with E-state index in [2.05, 4.69) is 6.07 Å². The van der Waals surface area contributed by atoms with E-state index < -0.39 is 60.2 Å². The molecule has 6 rings (SSSR count). The average Bonchev–Trinajstić information content (AvgIpc) is 3.41. The summed E-state index contributed by atoms with van der Waals surface area (Å²) in [5.41, 5.74) is 0.516. The van der Waals surface area contributed by atoms with Crippen LogP contribution in [-0.2, 0) is 22.4 Å². The number of piperazine rings is 1. The predicted octanol–water partition coefficient (Wildman–Crippen LogP) is 7.35. The van der Waals surface area contributed by atoms with Crippen molar-refractivity contribution in [2.75, 3.05) is 49.1 Å². The summed E-state index contributed by atoms with van der Waals surface area (Å²) in [6.45, 7) is 10.8. The fourth-order valence-corrected chi connectivity index (χ4v) is 7.38. The summed E-state index contributed by atoms with van der Waals surface area (Å²) < 4.78 is 61.2. The van der Waals surface area contributed by atoms with Crippen molar-refractivity contribution in [2.24, 2.45) is 0 Å². The third kappa shape index (κ3) is 8.64. The SMILES string of the molecule is CC(C)(C)OC(=O)N1CCN(c2nc(OC[C@@H]3CC(F)(F)CN3C(=O)OC(C)(C)C)nc3c2CCN(c2cccc4ccc(F)c(Cl)c24)C3)C[C@@H]1CC#N. The molecule has 0 unspecified atom stereocenters. The van der Waals surface area contributed by atoms with Crippen LogP contribution in [0.3, 0.4) is 0 Å². The van der Waals surface area contributed by atoms with Crippen LogP contribution in [0.1, 0.15) is 65.6 Å². The number of anilines is 2. The molecular weight excluding hydrogens is 727 g/mol. The molecule has 2 saturated heterocycles. The van der Waals surface area contributed by atoms with Crippen molar-refractivity contribution in [1.29, 1.82) is 5.26 Å². The van der Waals surface area contributed by atoms with E-state index in [9.17, 15) is 28.0 Å². The number of ether oxygens (including phenoxy) is 3. The first-order chi connectivity index (χ1) is 25.3. The van der Waals surface area contributed by atoms with Gasteiger partial charge in [-0.1, -0.05) is 29.8 Å². The van der Waals surface area contributed by atoms with Crippen molar-refractivity contribution in [2.45, 2.75) is 96.6 Å². The maximum Gasteiger partial charge on any atom is 0.410 e. The molecule has 4 heterocycles. The van der Waals surface area contributed by atoms with Crippen molar-refractivity contribution in [3.05, 3.63) is 52.4 Å². The van der Waals surface area contributed by atoms with Crippen LogP contribution in [0.2, 0.25) is 5.02 Å². The van der Waals surface area contributed by atoms with Crippen LogP contribution in [0.4, 0.5) is 34.3 Å². The van der Waals surface area contributed by atoms with Gasteiger partial charge in [0.05, 0.1) is 48.4 Å². The summed E-state index contributed by atoms with van der Waals surface area (Å²) in [6, 6.07) is 9.17. The second-order valence-corrected chi connectivity index (χ2v) is 16.3. The Kier molecular flexibility index (Phi) is 10.7. The Morgan fingerprint density at radius 1 is 0.963 bits per heavy atom. The molecule has 0 aliphatic carbocycles. The number of hydrogen-bond acceptors (Lipinski definition) is 10. The first-order valence-electron chi connectivity index (χ1n) is 18.0. The van der Waals surface area contributed by atoms with Crippen LogP contribution < -0.4 is 14.5 Å². The van der Waals surface area contributed by atoms with Gasteiger partial charge in [-0.05, 0) is 65.5 Å². The monoisotopic (exact) mass is 771 g/mol. The maximum atomic E-state index is 14.7. The molecule has 3 aliphatic rings. The van der Waals surface area contributed by atoms with E-state index in [0.717, 1.165) is 15.8 Å². The zero-order valence-electron chi connectivity index (χ0n) is 31.3. The number of carbonyl (C=O) groups is 2. The summed E-state index contributed by atoms with van der Waals surface area (Å²) in [4.78, 5) is 42.2. The summed E-state index contributed by atoms with van der Waals surface area (Å²) in [6.07, 6.45) is -1.48. The number of amides is 2. The van der Waals surface area contributed by atoms with Gasteiger partial charge < -0.3 is 28.9 Å². The number of alkyl halides is 2. The molecule has 0 spiro atoms. The number of aromatic nitrogens is 2. The molecule has 0 N–H and O–H groups in total. The Morgan fingerprint density at radius 2 is 1.67 bits per heavy atom. The number of nitriles is 1. The molecule has 290 valence electrons. The Hall–Kier alpha value is -4.71. The fraction of sp³-hybridized carbons (Fsp3) is 0.553. The first kappa shape index (κ1) is 39.0. The third-order valence-electron chi connectivity index (χ3n) is 9.42. The largest absolute Gasteiger partial charge is 0.461 e. The number of carbonyl (C=O) groups excluding carboxylic acids is 2. The lowest BCUT2D eigenvalue weighted by Gasteiger charge is -2.42. The molecule has 3 aromatic rings. The van der Waals surface area contributed by atoms with E-state index in [1.54, 1.807) is 52.5 Å². The lowest BCUT2D eigenvalue weighted by molar-refractivity contribution is -0.00277. The molecule has 2 atom stereocenters. The molecule has 54 heavy (non-hydrogen) atoms. The molecule has 12 nitrogen and oxygen atoms in total. The normalized spacial score (nSPS) is 20.1. The first-order valence-corrected chi connectivity index (χ1v) is 18.3. The summed E-state index contributed by atoms with van der Waals surface area (Å²) in [7, 11) is 0. The average molecular weight is 772 g/mol. The van der Waals surface area contributed by atoms with Gasteiger partial charge in [-0.2, -0.15) is 15.2 Å². The minimum atomic E-state index is -3.14. The Bertz CT molecular complexity index is 1960. The summed E-state index contributed by atoms with van der Waals surface area (Å²) >= 11 is 6.50. The van der Waals surface area contributed by atoms with Crippen LogP contribution in [-0.4, -0.2) is 100 Å². The van der Waals surface area contributed by atoms with Crippen LogP contribution in [0.5, 0.6) is 6.01 Å². The second kappa shape index (κ2) is 14.8. The number of nitrogens with zero attached hydrogens (tertiary/aromatic N) is 7. The van der Waals surface area contributed by atoms with Crippen molar-refractivity contribution in [1.82, 2.24) is 19.8 Å². The molecule has 2 fully saturated rings. The number of hydrogen-bond donors (Lipinski definition) is 0. The highest BCUT2D eigenvalue weighted by Gasteiger charge is 2.49. The van der Waals surface area contributed by atoms with Gasteiger partial charge in [-0.25, -0.2) is 22.8 Å². The number of likely N-dealkylation sites (tertiary alicyclic amines) is 1. The van der Waals surface area contributed by atoms with Crippen LogP contribution in [0.15, 0.2) is 30.3 Å². The van der Waals surface area contributed by atoms with Gasteiger partial charge in [0.25, 0.3) is 5.92 Å². The van der Waals surface area contributed by atoms with Crippen LogP contribution in [0, 0.1) is 17.1 Å². The highest BCUT2D eigenvalue weighted by Crippen LogP contribution is 2.39. The predicted molar refractivity (Wildman–Crippen MR) is 197 cm³/mol. The second-order valence-electron chi connectivity index (χ2n) is 15.9. The van der Waals surface area contributed by atoms with Crippen LogP contribution >= 0.6 is 11.6 Å². The summed E-state index contributed by atoms with van der Waals surface area (Å²) in [5.74, 6) is -3.15. The van der Waals surface area contributed by atoms with Crippen molar-refractivity contribution >= 4 is 46.1 Å². The van der Waals surface area contributed by atoms with Crippen molar-refractivity contribution < 1.29 is 37.0 Å². The fourth-order valence-electron chi connectivity index (χ4n) is 7.12. The lowest BCUT2D eigenvalue weighted by atomic mass is 10.0. The number of halogens is 4. The molecule has 16 heteroatoms. The Morgan fingerprint density at radius 3 is 2.35 bits per heavy atom. The zero-order chi connectivity index (χ0) is 39.2. The van der Waals surface area contributed by atoms with Crippen LogP contribution in [0.25, 0.3) is 10.8 Å². The quantitative estimate of drug-likeness (QED) is 0.251. The molecule has 0 radical (unpaired) electrons. The highest BCUT2D eigenvalue weighted by atomic mass is 35.5.